The number of aliphatic hydroxyl groups is 1. The third kappa shape index (κ3) is 5.96. The van der Waals surface area contributed by atoms with Crippen molar-refractivity contribution in [1.29, 1.82) is 0 Å². The molecule has 1 atom stereocenters. The molecular weight excluding hydrogens is 552 g/mol. The largest absolute Gasteiger partial charge is 0.496 e. The number of aliphatic carboxylic acids is 1. The summed E-state index contributed by atoms with van der Waals surface area (Å²) in [6.45, 7) is 6.10. The lowest BCUT2D eigenvalue weighted by Crippen LogP contribution is -2.06. The van der Waals surface area contributed by atoms with E-state index >= 15 is 0 Å². The van der Waals surface area contributed by atoms with Crippen LogP contribution in [0.25, 0.3) is 0 Å². The summed E-state index contributed by atoms with van der Waals surface area (Å²) >= 11 is 7.00. The molecule has 0 aliphatic heterocycles. The SMILES string of the molecule is COc1cc(C(O)c2cccc(C)c2)c(Oc2c(Br)cc(CC(=O)O)cc2Br)cc1C(C)C. The molecule has 0 amide bonds. The molecule has 0 saturated carbocycles. The van der Waals surface area contributed by atoms with E-state index in [9.17, 15) is 9.90 Å². The molecule has 0 radical (unpaired) electrons. The molecule has 3 rings (SSSR count). The first-order valence-electron chi connectivity index (χ1n) is 10.4. The molecule has 0 aliphatic rings. The van der Waals surface area contributed by atoms with Crippen LogP contribution in [0.3, 0.4) is 0 Å². The maximum Gasteiger partial charge on any atom is 0.307 e. The summed E-state index contributed by atoms with van der Waals surface area (Å²) in [5.41, 5.74) is 3.93. The number of ether oxygens (including phenoxy) is 2. The predicted octanol–water partition coefficient (Wildman–Crippen LogP) is 7.15. The molecule has 2 N–H and O–H groups in total. The van der Waals surface area contributed by atoms with Crippen molar-refractivity contribution in [2.45, 2.75) is 39.2 Å². The van der Waals surface area contributed by atoms with Crippen molar-refractivity contribution in [1.82, 2.24) is 0 Å². The van der Waals surface area contributed by atoms with Crippen LogP contribution in [0, 0.1) is 6.92 Å². The van der Waals surface area contributed by atoms with Crippen LogP contribution in [-0.2, 0) is 11.2 Å². The first kappa shape index (κ1) is 25.3. The Morgan fingerprint density at radius 3 is 2.18 bits per heavy atom. The zero-order chi connectivity index (χ0) is 24.3. The van der Waals surface area contributed by atoms with Crippen molar-refractivity contribution < 1.29 is 24.5 Å². The van der Waals surface area contributed by atoms with E-state index in [-0.39, 0.29) is 12.3 Å². The van der Waals surface area contributed by atoms with Crippen LogP contribution in [0.2, 0.25) is 0 Å². The van der Waals surface area contributed by atoms with E-state index < -0.39 is 12.1 Å². The normalized spacial score (nSPS) is 12.0. The van der Waals surface area contributed by atoms with E-state index in [1.54, 1.807) is 19.2 Å². The van der Waals surface area contributed by atoms with Gasteiger partial charge in [-0.3, -0.25) is 4.79 Å². The van der Waals surface area contributed by atoms with Crippen LogP contribution in [-0.4, -0.2) is 23.3 Å². The fourth-order valence-corrected chi connectivity index (χ4v) is 5.08. The van der Waals surface area contributed by atoms with Gasteiger partial charge in [0.15, 0.2) is 5.75 Å². The van der Waals surface area contributed by atoms with Crippen molar-refractivity contribution in [2.75, 3.05) is 7.11 Å². The van der Waals surface area contributed by atoms with Gasteiger partial charge in [-0.2, -0.15) is 0 Å². The van der Waals surface area contributed by atoms with Crippen LogP contribution in [0.15, 0.2) is 57.5 Å². The van der Waals surface area contributed by atoms with E-state index in [4.69, 9.17) is 14.6 Å². The Labute approximate surface area is 210 Å². The second-order valence-corrected chi connectivity index (χ2v) is 9.87. The molecular formula is C26H26Br2O5. The molecule has 3 aromatic rings. The molecule has 1 unspecified atom stereocenters. The Kier molecular flexibility index (Phi) is 8.21. The quantitative estimate of drug-likeness (QED) is 0.297. The van der Waals surface area contributed by atoms with Crippen molar-refractivity contribution >= 4 is 37.8 Å². The van der Waals surface area contributed by atoms with Gasteiger partial charge in [0.2, 0.25) is 0 Å². The Bertz CT molecular complexity index is 1150. The Balaban J connectivity index is 2.13. The van der Waals surface area contributed by atoms with Gasteiger partial charge in [-0.15, -0.1) is 0 Å². The predicted molar refractivity (Wildman–Crippen MR) is 136 cm³/mol. The van der Waals surface area contributed by atoms with E-state index in [1.807, 2.05) is 43.3 Å². The number of benzene rings is 3. The summed E-state index contributed by atoms with van der Waals surface area (Å²) < 4.78 is 13.2. The molecule has 0 saturated heterocycles. The van der Waals surface area contributed by atoms with Gasteiger partial charge >= 0.3 is 5.97 Å². The van der Waals surface area contributed by atoms with Crippen molar-refractivity contribution in [3.8, 4) is 17.2 Å². The van der Waals surface area contributed by atoms with Crippen LogP contribution in [0.4, 0.5) is 0 Å². The Hall–Kier alpha value is -2.35. The smallest absolute Gasteiger partial charge is 0.307 e. The number of aliphatic hydroxyl groups excluding tert-OH is 1. The average Bonchev–Trinajstić information content (AvgIpc) is 2.74. The second-order valence-electron chi connectivity index (χ2n) is 8.16. The maximum atomic E-state index is 11.3. The fourth-order valence-electron chi connectivity index (χ4n) is 3.64. The molecule has 33 heavy (non-hydrogen) atoms. The third-order valence-electron chi connectivity index (χ3n) is 5.26. The van der Waals surface area contributed by atoms with Gasteiger partial charge in [0, 0.05) is 11.1 Å². The van der Waals surface area contributed by atoms with Gasteiger partial charge in [0.05, 0.1) is 22.5 Å². The van der Waals surface area contributed by atoms with E-state index in [0.717, 1.165) is 16.7 Å². The highest BCUT2D eigenvalue weighted by atomic mass is 79.9. The summed E-state index contributed by atoms with van der Waals surface area (Å²) in [7, 11) is 1.61. The number of hydrogen-bond acceptors (Lipinski definition) is 4. The molecule has 5 nitrogen and oxygen atoms in total. The molecule has 0 fully saturated rings. The molecule has 0 aliphatic carbocycles. The molecule has 174 valence electrons. The first-order valence-corrected chi connectivity index (χ1v) is 12.0. The lowest BCUT2D eigenvalue weighted by Gasteiger charge is -2.22. The number of aryl methyl sites for hydroxylation is 1. The number of halogens is 2. The minimum absolute atomic E-state index is 0.102. The standard InChI is InChI=1S/C26H26Br2O5/c1-14(2)18-12-23(33-26-20(27)9-16(10-21(26)28)11-24(29)30)19(13-22(18)32-4)25(31)17-7-5-6-15(3)8-17/h5-10,12-14,25,31H,11H2,1-4H3,(H,29,30). The zero-order valence-electron chi connectivity index (χ0n) is 18.9. The van der Waals surface area contributed by atoms with Gasteiger partial charge in [-0.1, -0.05) is 43.7 Å². The summed E-state index contributed by atoms with van der Waals surface area (Å²) in [6.07, 6.45) is -1.03. The number of carboxylic acid groups (broad SMARTS) is 1. The summed E-state index contributed by atoms with van der Waals surface area (Å²) in [6, 6.07) is 14.8. The minimum atomic E-state index is -0.932. The first-order chi connectivity index (χ1) is 15.6. The highest BCUT2D eigenvalue weighted by molar-refractivity contribution is 9.11. The lowest BCUT2D eigenvalue weighted by atomic mass is 9.94. The van der Waals surface area contributed by atoms with E-state index in [1.165, 1.54) is 0 Å². The van der Waals surface area contributed by atoms with Crippen LogP contribution >= 0.6 is 31.9 Å². The van der Waals surface area contributed by atoms with Gasteiger partial charge in [0.25, 0.3) is 0 Å². The Morgan fingerprint density at radius 1 is 1.00 bits per heavy atom. The number of rotatable bonds is 8. The number of carbonyl (C=O) groups is 1. The average molecular weight is 578 g/mol. The highest BCUT2D eigenvalue weighted by Gasteiger charge is 2.23. The van der Waals surface area contributed by atoms with Gasteiger partial charge in [0.1, 0.15) is 17.6 Å². The summed E-state index contributed by atoms with van der Waals surface area (Å²) in [5.74, 6) is 0.900. The van der Waals surface area contributed by atoms with Crippen LogP contribution in [0.5, 0.6) is 17.2 Å². The molecule has 0 heterocycles. The van der Waals surface area contributed by atoms with Gasteiger partial charge < -0.3 is 19.7 Å². The number of methoxy groups -OCH3 is 1. The third-order valence-corrected chi connectivity index (χ3v) is 6.44. The summed E-state index contributed by atoms with van der Waals surface area (Å²) in [4.78, 5) is 11.1. The second kappa shape index (κ2) is 10.7. The van der Waals surface area contributed by atoms with Crippen molar-refractivity contribution in [3.63, 3.8) is 0 Å². The van der Waals surface area contributed by atoms with Gasteiger partial charge in [-0.05, 0) is 80.1 Å². The highest BCUT2D eigenvalue weighted by Crippen LogP contribution is 2.44. The van der Waals surface area contributed by atoms with Crippen molar-refractivity contribution in [2.24, 2.45) is 0 Å². The molecule has 7 heteroatoms. The fraction of sp³-hybridized carbons (Fsp3) is 0.269. The zero-order valence-corrected chi connectivity index (χ0v) is 22.0. The topological polar surface area (TPSA) is 76.0 Å². The Morgan fingerprint density at radius 2 is 1.64 bits per heavy atom. The molecule has 0 bridgehead atoms. The van der Waals surface area contributed by atoms with Crippen LogP contribution in [0.1, 0.15) is 53.7 Å². The van der Waals surface area contributed by atoms with E-state index in [0.29, 0.717) is 37.3 Å². The molecule has 0 spiro atoms. The van der Waals surface area contributed by atoms with E-state index in [2.05, 4.69) is 45.7 Å². The molecule has 3 aromatic carbocycles. The lowest BCUT2D eigenvalue weighted by molar-refractivity contribution is -0.136. The van der Waals surface area contributed by atoms with Gasteiger partial charge in [-0.25, -0.2) is 0 Å². The monoisotopic (exact) mass is 576 g/mol. The summed E-state index contributed by atoms with van der Waals surface area (Å²) in [5, 5.41) is 20.4. The number of hydrogen-bond donors (Lipinski definition) is 2. The minimum Gasteiger partial charge on any atom is -0.496 e. The molecule has 0 aromatic heterocycles. The van der Waals surface area contributed by atoms with Crippen molar-refractivity contribution in [3.05, 3.63) is 85.3 Å². The maximum absolute atomic E-state index is 11.3. The van der Waals surface area contributed by atoms with Crippen LogP contribution < -0.4 is 9.47 Å². The number of carboxylic acids is 1.